The number of aromatic carboxylic acids is 1. The highest BCUT2D eigenvalue weighted by atomic mass is 19.1. The lowest BCUT2D eigenvalue weighted by molar-refractivity contribution is 0.0694. The van der Waals surface area contributed by atoms with Crippen molar-refractivity contribution in [3.05, 3.63) is 106 Å². The SMILES string of the molecule is O=C(O)c1ccccc1COc1cccc(C=Cc2nc3c(F)cccc3c(=O)o2)c1. The Balaban J connectivity index is 1.54. The van der Waals surface area contributed by atoms with Gasteiger partial charge in [-0.3, -0.25) is 0 Å². The Hall–Kier alpha value is -4.26. The number of hydrogen-bond acceptors (Lipinski definition) is 5. The minimum atomic E-state index is -1.02. The predicted octanol–water partition coefficient (Wildman–Crippen LogP) is 4.77. The highest BCUT2D eigenvalue weighted by Gasteiger charge is 2.10. The van der Waals surface area contributed by atoms with Crippen LogP contribution in [0, 0.1) is 5.82 Å². The number of carboxylic acids is 1. The average molecular weight is 417 g/mol. The summed E-state index contributed by atoms with van der Waals surface area (Å²) in [6.45, 7) is 0.0933. The van der Waals surface area contributed by atoms with E-state index in [-0.39, 0.29) is 29.0 Å². The molecule has 1 heterocycles. The number of nitrogens with zero attached hydrogens (tertiary/aromatic N) is 1. The molecule has 0 aliphatic rings. The molecule has 0 saturated carbocycles. The third-order valence-corrected chi connectivity index (χ3v) is 4.54. The topological polar surface area (TPSA) is 89.6 Å². The van der Waals surface area contributed by atoms with Crippen LogP contribution in [0.15, 0.2) is 75.9 Å². The van der Waals surface area contributed by atoms with Crippen LogP contribution in [-0.2, 0) is 6.61 Å². The molecular weight excluding hydrogens is 401 g/mol. The van der Waals surface area contributed by atoms with Crippen LogP contribution < -0.4 is 10.4 Å². The molecule has 0 spiro atoms. The van der Waals surface area contributed by atoms with Crippen molar-refractivity contribution >= 4 is 29.0 Å². The maximum Gasteiger partial charge on any atom is 0.347 e. The Morgan fingerprint density at radius 1 is 1.06 bits per heavy atom. The molecule has 0 radical (unpaired) electrons. The van der Waals surface area contributed by atoms with Crippen LogP contribution in [0.1, 0.15) is 27.4 Å². The minimum Gasteiger partial charge on any atom is -0.489 e. The van der Waals surface area contributed by atoms with Crippen LogP contribution in [-0.4, -0.2) is 16.1 Å². The average Bonchev–Trinajstić information content (AvgIpc) is 2.77. The van der Waals surface area contributed by atoms with Crippen LogP contribution in [0.2, 0.25) is 0 Å². The number of para-hydroxylation sites is 1. The summed E-state index contributed by atoms with van der Waals surface area (Å²) in [6.07, 6.45) is 3.11. The molecule has 4 rings (SSSR count). The molecule has 0 amide bonds. The molecule has 154 valence electrons. The van der Waals surface area contributed by atoms with E-state index in [4.69, 9.17) is 9.15 Å². The van der Waals surface area contributed by atoms with Crippen molar-refractivity contribution in [3.8, 4) is 5.75 Å². The summed E-state index contributed by atoms with van der Waals surface area (Å²) in [6, 6.07) is 17.8. The highest BCUT2D eigenvalue weighted by molar-refractivity contribution is 5.89. The minimum absolute atomic E-state index is 0.0238. The van der Waals surface area contributed by atoms with Crippen molar-refractivity contribution in [2.24, 2.45) is 0 Å². The van der Waals surface area contributed by atoms with Gasteiger partial charge in [-0.15, -0.1) is 0 Å². The smallest absolute Gasteiger partial charge is 0.347 e. The molecule has 1 N–H and O–H groups in total. The van der Waals surface area contributed by atoms with E-state index in [1.807, 2.05) is 0 Å². The monoisotopic (exact) mass is 417 g/mol. The Morgan fingerprint density at radius 2 is 1.87 bits per heavy atom. The Kier molecular flexibility index (Phi) is 5.57. The van der Waals surface area contributed by atoms with E-state index >= 15 is 0 Å². The number of carboxylic acid groups (broad SMARTS) is 1. The zero-order valence-electron chi connectivity index (χ0n) is 16.1. The van der Waals surface area contributed by atoms with Crippen molar-refractivity contribution in [2.45, 2.75) is 6.61 Å². The first-order chi connectivity index (χ1) is 15.0. The van der Waals surface area contributed by atoms with Crippen molar-refractivity contribution in [1.82, 2.24) is 4.98 Å². The molecule has 0 bridgehead atoms. The summed E-state index contributed by atoms with van der Waals surface area (Å²) < 4.78 is 24.8. The molecule has 0 saturated heterocycles. The number of ether oxygens (including phenoxy) is 1. The fourth-order valence-corrected chi connectivity index (χ4v) is 3.04. The van der Waals surface area contributed by atoms with Crippen LogP contribution in [0.4, 0.5) is 4.39 Å². The molecule has 0 aliphatic carbocycles. The number of halogens is 1. The van der Waals surface area contributed by atoms with Gasteiger partial charge in [-0.25, -0.2) is 19.0 Å². The second kappa shape index (κ2) is 8.62. The summed E-state index contributed by atoms with van der Waals surface area (Å²) in [4.78, 5) is 27.4. The van der Waals surface area contributed by atoms with Gasteiger partial charge in [-0.05, 0) is 42.0 Å². The van der Waals surface area contributed by atoms with Gasteiger partial charge in [0, 0.05) is 11.6 Å². The number of benzene rings is 3. The first kappa shape index (κ1) is 20.0. The van der Waals surface area contributed by atoms with Crippen molar-refractivity contribution in [2.75, 3.05) is 0 Å². The van der Waals surface area contributed by atoms with E-state index in [9.17, 15) is 19.1 Å². The van der Waals surface area contributed by atoms with Gasteiger partial charge >= 0.3 is 11.6 Å². The Bertz CT molecular complexity index is 1360. The summed E-state index contributed by atoms with van der Waals surface area (Å²) in [5.41, 5.74) is 0.747. The molecule has 0 aliphatic heterocycles. The van der Waals surface area contributed by atoms with Crippen LogP contribution in [0.25, 0.3) is 23.1 Å². The van der Waals surface area contributed by atoms with Crippen molar-refractivity contribution in [3.63, 3.8) is 0 Å². The molecule has 6 nitrogen and oxygen atoms in total. The fourth-order valence-electron chi connectivity index (χ4n) is 3.04. The summed E-state index contributed by atoms with van der Waals surface area (Å²) in [7, 11) is 0. The molecule has 3 aromatic carbocycles. The molecular formula is C24H16FNO5. The van der Waals surface area contributed by atoms with E-state index < -0.39 is 17.4 Å². The second-order valence-electron chi connectivity index (χ2n) is 6.63. The summed E-state index contributed by atoms with van der Waals surface area (Å²) in [5, 5.41) is 9.34. The lowest BCUT2D eigenvalue weighted by Crippen LogP contribution is -2.05. The second-order valence-corrected chi connectivity index (χ2v) is 6.63. The third kappa shape index (κ3) is 4.51. The normalized spacial score (nSPS) is 11.1. The molecule has 0 unspecified atom stereocenters. The van der Waals surface area contributed by atoms with Gasteiger partial charge in [0.15, 0.2) is 0 Å². The zero-order chi connectivity index (χ0) is 21.8. The van der Waals surface area contributed by atoms with E-state index in [1.165, 1.54) is 30.3 Å². The van der Waals surface area contributed by atoms with Crippen LogP contribution in [0.3, 0.4) is 0 Å². The standard InChI is InChI=1S/C24H16FNO5/c25-20-10-4-9-19-22(20)26-21(31-24(19)29)12-11-15-5-3-7-17(13-15)30-14-16-6-1-2-8-18(16)23(27)28/h1-13H,14H2,(H,27,28). The van der Waals surface area contributed by atoms with Gasteiger partial charge in [0.05, 0.1) is 10.9 Å². The first-order valence-electron chi connectivity index (χ1n) is 9.33. The van der Waals surface area contributed by atoms with Crippen LogP contribution >= 0.6 is 0 Å². The van der Waals surface area contributed by atoms with E-state index in [1.54, 1.807) is 48.5 Å². The van der Waals surface area contributed by atoms with Crippen LogP contribution in [0.5, 0.6) is 5.75 Å². The van der Waals surface area contributed by atoms with Crippen molar-refractivity contribution in [1.29, 1.82) is 0 Å². The van der Waals surface area contributed by atoms with Gasteiger partial charge in [0.25, 0.3) is 0 Å². The molecule has 31 heavy (non-hydrogen) atoms. The van der Waals surface area contributed by atoms with Gasteiger partial charge in [0.2, 0.25) is 5.89 Å². The summed E-state index contributed by atoms with van der Waals surface area (Å²) >= 11 is 0. The zero-order valence-corrected chi connectivity index (χ0v) is 16.1. The predicted molar refractivity (Wildman–Crippen MR) is 113 cm³/mol. The lowest BCUT2D eigenvalue weighted by atomic mass is 10.1. The Labute approximate surface area is 175 Å². The third-order valence-electron chi connectivity index (χ3n) is 4.54. The van der Waals surface area contributed by atoms with Gasteiger partial charge in [-0.2, -0.15) is 0 Å². The number of hydrogen-bond donors (Lipinski definition) is 1. The quantitative estimate of drug-likeness (QED) is 0.486. The number of fused-ring (bicyclic) bond motifs is 1. The van der Waals surface area contributed by atoms with Crippen molar-refractivity contribution < 1.29 is 23.4 Å². The molecule has 0 fully saturated rings. The molecule has 1 aromatic heterocycles. The van der Waals surface area contributed by atoms with E-state index in [0.29, 0.717) is 11.3 Å². The maximum absolute atomic E-state index is 13.9. The molecule has 7 heteroatoms. The fraction of sp³-hybridized carbons (Fsp3) is 0.0417. The molecule has 4 aromatic rings. The van der Waals surface area contributed by atoms with E-state index in [0.717, 1.165) is 5.56 Å². The highest BCUT2D eigenvalue weighted by Crippen LogP contribution is 2.19. The van der Waals surface area contributed by atoms with Gasteiger partial charge < -0.3 is 14.3 Å². The Morgan fingerprint density at radius 3 is 2.71 bits per heavy atom. The number of rotatable bonds is 6. The van der Waals surface area contributed by atoms with Gasteiger partial charge in [0.1, 0.15) is 23.7 Å². The molecule has 0 atom stereocenters. The van der Waals surface area contributed by atoms with Gasteiger partial charge in [-0.1, -0.05) is 36.4 Å². The lowest BCUT2D eigenvalue weighted by Gasteiger charge is -2.09. The number of carbonyl (C=O) groups is 1. The summed E-state index contributed by atoms with van der Waals surface area (Å²) in [5.74, 6) is -1.11. The van der Waals surface area contributed by atoms with E-state index in [2.05, 4.69) is 4.98 Å². The number of aromatic nitrogens is 1. The maximum atomic E-state index is 13.9. The largest absolute Gasteiger partial charge is 0.489 e. The first-order valence-corrected chi connectivity index (χ1v) is 9.33.